The van der Waals surface area contributed by atoms with E-state index in [0.29, 0.717) is 11.4 Å². The van der Waals surface area contributed by atoms with Crippen LogP contribution in [0, 0.1) is 0 Å². The van der Waals surface area contributed by atoms with Crippen molar-refractivity contribution in [3.8, 4) is 5.75 Å². The summed E-state index contributed by atoms with van der Waals surface area (Å²) in [5.74, 6) is -0.229. The van der Waals surface area contributed by atoms with Crippen LogP contribution in [0.15, 0.2) is 36.4 Å². The Morgan fingerprint density at radius 2 is 1.94 bits per heavy atom. The topological polar surface area (TPSA) is 64.6 Å². The zero-order valence-electron chi connectivity index (χ0n) is 10.3. The van der Waals surface area contributed by atoms with Gasteiger partial charge in [-0.3, -0.25) is 4.79 Å². The van der Waals surface area contributed by atoms with Gasteiger partial charge >= 0.3 is 5.97 Å². The molecule has 0 fully saturated rings. The Bertz CT molecular complexity index is 437. The van der Waals surface area contributed by atoms with Gasteiger partial charge < -0.3 is 14.8 Å². The molecule has 0 saturated carbocycles. The maximum atomic E-state index is 11.4. The van der Waals surface area contributed by atoms with Crippen LogP contribution in [0.3, 0.4) is 0 Å². The number of anilines is 1. The average molecular weight is 249 g/mol. The molecule has 5 heteroatoms. The number of carbonyl (C=O) groups is 2. The lowest BCUT2D eigenvalue weighted by Gasteiger charge is -2.06. The van der Waals surface area contributed by atoms with Crippen LogP contribution < -0.4 is 10.1 Å². The minimum atomic E-state index is -0.539. The molecule has 0 radical (unpaired) electrons. The number of nitrogens with one attached hydrogen (secondary N) is 1. The largest absolute Gasteiger partial charge is 0.497 e. The summed E-state index contributed by atoms with van der Waals surface area (Å²) in [6.45, 7) is 1.38. The van der Waals surface area contributed by atoms with Gasteiger partial charge in [0.1, 0.15) is 5.75 Å². The van der Waals surface area contributed by atoms with Gasteiger partial charge in [-0.25, -0.2) is 4.79 Å². The van der Waals surface area contributed by atoms with Gasteiger partial charge in [-0.15, -0.1) is 0 Å². The first-order chi connectivity index (χ1) is 8.65. The molecule has 0 saturated heterocycles. The monoisotopic (exact) mass is 249 g/mol. The maximum Gasteiger partial charge on any atom is 0.330 e. The van der Waals surface area contributed by atoms with Crippen molar-refractivity contribution in [3.63, 3.8) is 0 Å². The Labute approximate surface area is 105 Å². The van der Waals surface area contributed by atoms with Gasteiger partial charge in [0.25, 0.3) is 5.91 Å². The molecular weight excluding hydrogens is 234 g/mol. The molecule has 0 bridgehead atoms. The standard InChI is InChI=1S/C13H15NO4/c1-3-4-13(16)18-9-12(15)14-10-5-7-11(17-2)8-6-10/h3-8H,9H2,1-2H3,(H,14,15)/b4-3+. The van der Waals surface area contributed by atoms with Crippen LogP contribution >= 0.6 is 0 Å². The highest BCUT2D eigenvalue weighted by molar-refractivity contribution is 5.93. The Kier molecular flexibility index (Phi) is 5.44. The molecule has 1 aromatic carbocycles. The lowest BCUT2D eigenvalue weighted by Crippen LogP contribution is -2.20. The van der Waals surface area contributed by atoms with Crippen molar-refractivity contribution in [2.24, 2.45) is 0 Å². The number of benzene rings is 1. The molecule has 0 unspecified atom stereocenters. The highest BCUT2D eigenvalue weighted by Crippen LogP contribution is 2.14. The van der Waals surface area contributed by atoms with Crippen LogP contribution in [0.1, 0.15) is 6.92 Å². The zero-order chi connectivity index (χ0) is 13.4. The van der Waals surface area contributed by atoms with Crippen LogP contribution in [-0.4, -0.2) is 25.6 Å². The van der Waals surface area contributed by atoms with Gasteiger partial charge in [0.2, 0.25) is 0 Å². The molecule has 18 heavy (non-hydrogen) atoms. The third-order valence-electron chi connectivity index (χ3n) is 2.02. The van der Waals surface area contributed by atoms with Crippen molar-refractivity contribution in [2.45, 2.75) is 6.92 Å². The molecule has 0 aliphatic heterocycles. The number of amides is 1. The molecule has 0 aromatic heterocycles. The predicted octanol–water partition coefficient (Wildman–Crippen LogP) is 1.75. The minimum Gasteiger partial charge on any atom is -0.497 e. The molecule has 0 heterocycles. The summed E-state index contributed by atoms with van der Waals surface area (Å²) < 4.78 is 9.69. The molecule has 0 spiro atoms. The van der Waals surface area contributed by atoms with Gasteiger partial charge in [0.05, 0.1) is 7.11 Å². The van der Waals surface area contributed by atoms with E-state index >= 15 is 0 Å². The maximum absolute atomic E-state index is 11.4. The second-order valence-corrected chi connectivity index (χ2v) is 3.38. The van der Waals surface area contributed by atoms with E-state index in [1.807, 2.05) is 0 Å². The van der Waals surface area contributed by atoms with Crippen LogP contribution in [0.5, 0.6) is 5.75 Å². The molecule has 1 N–H and O–H groups in total. The van der Waals surface area contributed by atoms with E-state index in [1.165, 1.54) is 6.08 Å². The van der Waals surface area contributed by atoms with Crippen LogP contribution in [-0.2, 0) is 14.3 Å². The Morgan fingerprint density at radius 3 is 2.50 bits per heavy atom. The number of allylic oxidation sites excluding steroid dienone is 1. The van der Waals surface area contributed by atoms with Crippen molar-refractivity contribution in [1.82, 2.24) is 0 Å². The fourth-order valence-electron chi connectivity index (χ4n) is 1.19. The quantitative estimate of drug-likeness (QED) is 0.638. The van der Waals surface area contributed by atoms with Gasteiger partial charge in [-0.05, 0) is 31.2 Å². The summed E-state index contributed by atoms with van der Waals surface area (Å²) >= 11 is 0. The third-order valence-corrected chi connectivity index (χ3v) is 2.02. The Balaban J connectivity index is 2.41. The van der Waals surface area contributed by atoms with E-state index in [4.69, 9.17) is 9.47 Å². The fraction of sp³-hybridized carbons (Fsp3) is 0.231. The Morgan fingerprint density at radius 1 is 1.28 bits per heavy atom. The molecule has 1 amide bonds. The second kappa shape index (κ2) is 7.11. The van der Waals surface area contributed by atoms with Gasteiger partial charge in [0.15, 0.2) is 6.61 Å². The SMILES string of the molecule is C/C=C/C(=O)OCC(=O)Nc1ccc(OC)cc1. The first-order valence-electron chi connectivity index (χ1n) is 5.39. The highest BCUT2D eigenvalue weighted by Gasteiger charge is 2.05. The number of ether oxygens (including phenoxy) is 2. The molecule has 5 nitrogen and oxygen atoms in total. The van der Waals surface area contributed by atoms with Gasteiger partial charge in [-0.2, -0.15) is 0 Å². The van der Waals surface area contributed by atoms with E-state index in [-0.39, 0.29) is 6.61 Å². The van der Waals surface area contributed by atoms with Gasteiger partial charge in [-0.1, -0.05) is 6.08 Å². The van der Waals surface area contributed by atoms with Gasteiger partial charge in [0, 0.05) is 11.8 Å². The van der Waals surface area contributed by atoms with E-state index in [9.17, 15) is 9.59 Å². The smallest absolute Gasteiger partial charge is 0.330 e. The van der Waals surface area contributed by atoms with Crippen molar-refractivity contribution in [1.29, 1.82) is 0 Å². The molecule has 0 aliphatic rings. The van der Waals surface area contributed by atoms with Crippen LogP contribution in [0.4, 0.5) is 5.69 Å². The van der Waals surface area contributed by atoms with Crippen molar-refractivity contribution >= 4 is 17.6 Å². The van der Waals surface area contributed by atoms with E-state index in [0.717, 1.165) is 0 Å². The minimum absolute atomic E-state index is 0.310. The van der Waals surface area contributed by atoms with E-state index in [1.54, 1.807) is 44.4 Å². The molecule has 0 aliphatic carbocycles. The number of methoxy groups -OCH3 is 1. The zero-order valence-corrected chi connectivity index (χ0v) is 10.3. The van der Waals surface area contributed by atoms with Crippen LogP contribution in [0.25, 0.3) is 0 Å². The number of hydrogen-bond acceptors (Lipinski definition) is 4. The average Bonchev–Trinajstić information content (AvgIpc) is 2.38. The third kappa shape index (κ3) is 4.69. The normalized spacial score (nSPS) is 10.1. The summed E-state index contributed by atoms with van der Waals surface area (Å²) in [7, 11) is 1.56. The first kappa shape index (κ1) is 13.8. The summed E-state index contributed by atoms with van der Waals surface area (Å²) in [5.41, 5.74) is 0.614. The van der Waals surface area contributed by atoms with Crippen molar-refractivity contribution in [2.75, 3.05) is 19.0 Å². The molecular formula is C13H15NO4. The highest BCUT2D eigenvalue weighted by atomic mass is 16.5. The van der Waals surface area contributed by atoms with E-state index < -0.39 is 11.9 Å². The van der Waals surface area contributed by atoms with E-state index in [2.05, 4.69) is 5.32 Å². The number of esters is 1. The summed E-state index contributed by atoms with van der Waals surface area (Å²) in [6, 6.07) is 6.85. The molecule has 1 rings (SSSR count). The predicted molar refractivity (Wildman–Crippen MR) is 67.4 cm³/mol. The summed E-state index contributed by atoms with van der Waals surface area (Å²) in [4.78, 5) is 22.4. The Hall–Kier alpha value is -2.30. The lowest BCUT2D eigenvalue weighted by atomic mass is 10.3. The van der Waals surface area contributed by atoms with Crippen LogP contribution in [0.2, 0.25) is 0 Å². The molecule has 96 valence electrons. The number of carbonyl (C=O) groups excluding carboxylic acids is 2. The fourth-order valence-corrected chi connectivity index (χ4v) is 1.19. The number of rotatable bonds is 5. The summed E-state index contributed by atoms with van der Waals surface area (Å²) in [6.07, 6.45) is 2.80. The van der Waals surface area contributed by atoms with Crippen molar-refractivity contribution in [3.05, 3.63) is 36.4 Å². The first-order valence-corrected chi connectivity index (χ1v) is 5.39. The lowest BCUT2D eigenvalue weighted by molar-refractivity contribution is -0.142. The summed E-state index contributed by atoms with van der Waals surface area (Å²) in [5, 5.41) is 2.59. The molecule has 0 atom stereocenters. The second-order valence-electron chi connectivity index (χ2n) is 3.38. The number of hydrogen-bond donors (Lipinski definition) is 1. The molecule has 1 aromatic rings. The van der Waals surface area contributed by atoms with Crippen molar-refractivity contribution < 1.29 is 19.1 Å².